The van der Waals surface area contributed by atoms with Crippen molar-refractivity contribution in [3.63, 3.8) is 0 Å². The van der Waals surface area contributed by atoms with Gasteiger partial charge in [0.15, 0.2) is 10.2 Å². The molecule has 0 radical (unpaired) electrons. The SMILES string of the molecule is CCC(=O)NC(CSC(=O)CC(=O)SCC(NC(=O)CC)C(=O)OC)C(=O)OC. The van der Waals surface area contributed by atoms with Gasteiger partial charge in [0, 0.05) is 24.3 Å². The van der Waals surface area contributed by atoms with Gasteiger partial charge in [-0.25, -0.2) is 9.59 Å². The third-order valence-electron chi connectivity index (χ3n) is 3.39. The van der Waals surface area contributed by atoms with Crippen LogP contribution in [-0.2, 0) is 38.2 Å². The Morgan fingerprint density at radius 3 is 1.34 bits per heavy atom. The van der Waals surface area contributed by atoms with Crippen molar-refractivity contribution >= 4 is 57.5 Å². The van der Waals surface area contributed by atoms with Crippen LogP contribution >= 0.6 is 23.5 Å². The molecule has 0 aliphatic carbocycles. The number of thioether (sulfide) groups is 2. The molecule has 0 rings (SSSR count). The van der Waals surface area contributed by atoms with Crippen molar-refractivity contribution in [2.24, 2.45) is 0 Å². The van der Waals surface area contributed by atoms with Gasteiger partial charge >= 0.3 is 11.9 Å². The normalized spacial score (nSPS) is 12.3. The van der Waals surface area contributed by atoms with Crippen molar-refractivity contribution in [3.8, 4) is 0 Å². The van der Waals surface area contributed by atoms with Gasteiger partial charge in [-0.15, -0.1) is 0 Å². The minimum absolute atomic E-state index is 0.0768. The second-order valence-electron chi connectivity index (χ2n) is 5.54. The third kappa shape index (κ3) is 11.5. The van der Waals surface area contributed by atoms with Gasteiger partial charge in [-0.1, -0.05) is 37.4 Å². The van der Waals surface area contributed by atoms with Gasteiger partial charge in [0.25, 0.3) is 0 Å². The molecule has 29 heavy (non-hydrogen) atoms. The van der Waals surface area contributed by atoms with Crippen LogP contribution < -0.4 is 10.6 Å². The first kappa shape index (κ1) is 26.9. The molecule has 0 spiro atoms. The standard InChI is InChI=1S/C17H26N2O8S2/c1-5-12(20)18-10(16(24)26-3)8-28-14(22)7-15(23)29-9-11(17(25)27-4)19-13(21)6-2/h10-11H,5-9H2,1-4H3,(H,18,20)(H,19,21). The molecule has 0 fully saturated rings. The predicted octanol–water partition coefficient (Wildman–Crippen LogP) is 0.0317. The summed E-state index contributed by atoms with van der Waals surface area (Å²) >= 11 is 1.44. The number of rotatable bonds is 12. The third-order valence-corrected chi connectivity index (χ3v) is 5.33. The molecular weight excluding hydrogens is 424 g/mol. The smallest absolute Gasteiger partial charge is 0.329 e. The molecule has 2 atom stereocenters. The van der Waals surface area contributed by atoms with Crippen molar-refractivity contribution in [2.45, 2.75) is 45.2 Å². The maximum atomic E-state index is 12.0. The minimum Gasteiger partial charge on any atom is -0.467 e. The lowest BCUT2D eigenvalue weighted by molar-refractivity contribution is -0.144. The Morgan fingerprint density at radius 1 is 0.724 bits per heavy atom. The zero-order chi connectivity index (χ0) is 22.4. The average molecular weight is 451 g/mol. The molecule has 0 aromatic heterocycles. The summed E-state index contributed by atoms with van der Waals surface area (Å²) in [5.41, 5.74) is 0. The molecule has 0 saturated heterocycles. The van der Waals surface area contributed by atoms with Gasteiger partial charge in [0.2, 0.25) is 11.8 Å². The Labute approximate surface area is 177 Å². The quantitative estimate of drug-likeness (QED) is 0.308. The molecule has 12 heteroatoms. The van der Waals surface area contributed by atoms with E-state index in [9.17, 15) is 28.8 Å². The van der Waals surface area contributed by atoms with Gasteiger partial charge in [0.1, 0.15) is 12.1 Å². The highest BCUT2D eigenvalue weighted by Crippen LogP contribution is 2.15. The Balaban J connectivity index is 4.58. The van der Waals surface area contributed by atoms with Crippen molar-refractivity contribution in [1.29, 1.82) is 0 Å². The molecule has 2 unspecified atom stereocenters. The van der Waals surface area contributed by atoms with Crippen LogP contribution in [0.1, 0.15) is 33.1 Å². The summed E-state index contributed by atoms with van der Waals surface area (Å²) in [6.45, 7) is 3.23. The van der Waals surface area contributed by atoms with Gasteiger partial charge in [-0.05, 0) is 0 Å². The first-order valence-corrected chi connectivity index (χ1v) is 10.7. The van der Waals surface area contributed by atoms with E-state index in [1.165, 1.54) is 0 Å². The summed E-state index contributed by atoms with van der Waals surface area (Å²) in [5.74, 6) is -2.29. The van der Waals surface area contributed by atoms with Crippen LogP contribution in [0, 0.1) is 0 Å². The predicted molar refractivity (Wildman–Crippen MR) is 108 cm³/mol. The highest BCUT2D eigenvalue weighted by molar-refractivity contribution is 8.15. The Bertz CT molecular complexity index is 575. The lowest BCUT2D eigenvalue weighted by Gasteiger charge is -2.16. The van der Waals surface area contributed by atoms with Crippen LogP contribution in [0.2, 0.25) is 0 Å². The number of methoxy groups -OCH3 is 2. The van der Waals surface area contributed by atoms with Gasteiger partial charge in [0.05, 0.1) is 20.6 Å². The highest BCUT2D eigenvalue weighted by Gasteiger charge is 2.25. The lowest BCUT2D eigenvalue weighted by Crippen LogP contribution is -2.43. The molecule has 0 saturated carbocycles. The van der Waals surface area contributed by atoms with Crippen LogP contribution in [0.5, 0.6) is 0 Å². The maximum Gasteiger partial charge on any atom is 0.329 e. The second-order valence-corrected chi connectivity index (χ2v) is 7.69. The number of carbonyl (C=O) groups excluding carboxylic acids is 6. The molecule has 0 aromatic rings. The zero-order valence-electron chi connectivity index (χ0n) is 16.8. The molecule has 164 valence electrons. The highest BCUT2D eigenvalue weighted by atomic mass is 32.2. The number of carbonyl (C=O) groups is 6. The summed E-state index contributed by atoms with van der Waals surface area (Å²) in [7, 11) is 2.32. The molecule has 0 aliphatic rings. The van der Waals surface area contributed by atoms with Crippen LogP contribution in [0.15, 0.2) is 0 Å². The van der Waals surface area contributed by atoms with Gasteiger partial charge in [-0.2, -0.15) is 0 Å². The maximum absolute atomic E-state index is 12.0. The lowest BCUT2D eigenvalue weighted by atomic mass is 10.3. The molecule has 0 aromatic carbocycles. The molecule has 2 N–H and O–H groups in total. The van der Waals surface area contributed by atoms with E-state index in [1.807, 2.05) is 0 Å². The van der Waals surface area contributed by atoms with E-state index in [0.29, 0.717) is 0 Å². The number of esters is 2. The average Bonchev–Trinajstić information content (AvgIpc) is 2.72. The molecule has 2 amide bonds. The van der Waals surface area contributed by atoms with Crippen LogP contribution in [0.25, 0.3) is 0 Å². The fraction of sp³-hybridized carbons (Fsp3) is 0.647. The number of ether oxygens (including phenoxy) is 2. The molecular formula is C17H26N2O8S2. The topological polar surface area (TPSA) is 145 Å². The van der Waals surface area contributed by atoms with E-state index in [4.69, 9.17) is 0 Å². The van der Waals surface area contributed by atoms with Crippen LogP contribution in [-0.4, -0.2) is 71.8 Å². The Kier molecular flexibility index (Phi) is 13.8. The fourth-order valence-corrected chi connectivity index (χ4v) is 3.49. The molecule has 0 bridgehead atoms. The summed E-state index contributed by atoms with van der Waals surface area (Å²) in [6, 6.07) is -2.01. The number of nitrogens with one attached hydrogen (secondary N) is 2. The van der Waals surface area contributed by atoms with Crippen molar-refractivity contribution in [1.82, 2.24) is 10.6 Å². The Morgan fingerprint density at radius 2 is 1.07 bits per heavy atom. The van der Waals surface area contributed by atoms with E-state index < -0.39 is 40.7 Å². The van der Waals surface area contributed by atoms with Crippen LogP contribution in [0.3, 0.4) is 0 Å². The van der Waals surface area contributed by atoms with Crippen molar-refractivity contribution < 1.29 is 38.2 Å². The summed E-state index contributed by atoms with van der Waals surface area (Å²) in [5, 5.41) is 3.87. The molecule has 0 aliphatic heterocycles. The number of hydrogen-bond donors (Lipinski definition) is 2. The summed E-state index contributed by atoms with van der Waals surface area (Å²) in [6.07, 6.45) is -0.116. The zero-order valence-corrected chi connectivity index (χ0v) is 18.4. The minimum atomic E-state index is -1.00. The van der Waals surface area contributed by atoms with Crippen molar-refractivity contribution in [3.05, 3.63) is 0 Å². The molecule has 0 heterocycles. The van der Waals surface area contributed by atoms with Gasteiger partial charge in [-0.3, -0.25) is 19.2 Å². The first-order valence-electron chi connectivity index (χ1n) is 8.73. The van der Waals surface area contributed by atoms with Gasteiger partial charge < -0.3 is 20.1 Å². The molecule has 10 nitrogen and oxygen atoms in total. The Hall–Kier alpha value is -2.08. The van der Waals surface area contributed by atoms with E-state index in [0.717, 1.165) is 37.7 Å². The summed E-state index contributed by atoms with van der Waals surface area (Å²) in [4.78, 5) is 70.2. The monoisotopic (exact) mass is 450 g/mol. The number of hydrogen-bond acceptors (Lipinski definition) is 10. The second kappa shape index (κ2) is 14.9. The van der Waals surface area contributed by atoms with E-state index in [1.54, 1.807) is 13.8 Å². The largest absolute Gasteiger partial charge is 0.467 e. The fourth-order valence-electron chi connectivity index (χ4n) is 1.79. The van der Waals surface area contributed by atoms with Crippen LogP contribution in [0.4, 0.5) is 0 Å². The summed E-state index contributed by atoms with van der Waals surface area (Å²) < 4.78 is 9.16. The van der Waals surface area contributed by atoms with E-state index in [-0.39, 0.29) is 36.2 Å². The number of amides is 2. The van der Waals surface area contributed by atoms with E-state index >= 15 is 0 Å². The van der Waals surface area contributed by atoms with Crippen molar-refractivity contribution in [2.75, 3.05) is 25.7 Å². The van der Waals surface area contributed by atoms with E-state index in [2.05, 4.69) is 20.1 Å². The first-order chi connectivity index (χ1) is 13.7.